The molecule has 1 aromatic heterocycles. The fraction of sp³-hybridized carbons (Fsp3) is 0.263. The summed E-state index contributed by atoms with van der Waals surface area (Å²) in [5.74, 6) is -0.288. The maximum absolute atomic E-state index is 12.3. The van der Waals surface area contributed by atoms with Crippen LogP contribution in [0.15, 0.2) is 41.8 Å². The highest BCUT2D eigenvalue weighted by Gasteiger charge is 2.21. The lowest BCUT2D eigenvalue weighted by Crippen LogP contribution is -2.48. The third-order valence-corrected chi connectivity index (χ3v) is 4.96. The minimum atomic E-state index is -0.268. The predicted octanol–water partition coefficient (Wildman–Crippen LogP) is 1.64. The van der Waals surface area contributed by atoms with Gasteiger partial charge in [0.25, 0.3) is 0 Å². The number of carbonyl (C=O) groups is 3. The van der Waals surface area contributed by atoms with E-state index in [1.165, 1.54) is 17.4 Å². The Morgan fingerprint density at radius 2 is 1.89 bits per heavy atom. The average Bonchev–Trinajstić information content (AvgIpc) is 3.14. The molecule has 0 saturated carbocycles. The van der Waals surface area contributed by atoms with E-state index in [2.05, 4.69) is 10.3 Å². The number of carbonyl (C=O) groups excluding carboxylic acids is 3. The van der Waals surface area contributed by atoms with Gasteiger partial charge in [-0.25, -0.2) is 4.98 Å². The predicted molar refractivity (Wildman–Crippen MR) is 104 cm³/mol. The number of hydrogen-bond donors (Lipinski definition) is 1. The number of benzene rings is 1. The number of piperazine rings is 1. The second kappa shape index (κ2) is 9.09. The molecule has 2 aromatic rings. The Morgan fingerprint density at radius 3 is 2.59 bits per heavy atom. The molecule has 0 unspecified atom stereocenters. The number of rotatable bonds is 6. The molecule has 140 valence electrons. The minimum Gasteiger partial charge on any atom is -0.342 e. The summed E-state index contributed by atoms with van der Waals surface area (Å²) in [5.41, 5.74) is 1.57. The van der Waals surface area contributed by atoms with Crippen LogP contribution in [0.5, 0.6) is 0 Å². The van der Waals surface area contributed by atoms with Crippen LogP contribution in [-0.2, 0) is 20.8 Å². The number of nitrogens with one attached hydrogen (secondary N) is 1. The van der Waals surface area contributed by atoms with Crippen LogP contribution in [-0.4, -0.2) is 59.2 Å². The number of hydrogen-bond acceptors (Lipinski definition) is 5. The zero-order valence-corrected chi connectivity index (χ0v) is 15.5. The molecule has 0 aliphatic carbocycles. The van der Waals surface area contributed by atoms with Crippen molar-refractivity contribution >= 4 is 40.8 Å². The zero-order chi connectivity index (χ0) is 19.1. The van der Waals surface area contributed by atoms with Crippen molar-refractivity contribution in [3.8, 4) is 0 Å². The van der Waals surface area contributed by atoms with E-state index >= 15 is 0 Å². The van der Waals surface area contributed by atoms with Crippen LogP contribution in [0.4, 0.5) is 5.13 Å². The summed E-state index contributed by atoms with van der Waals surface area (Å²) in [6.45, 7) is 2.19. The van der Waals surface area contributed by atoms with Crippen molar-refractivity contribution in [1.82, 2.24) is 14.8 Å². The van der Waals surface area contributed by atoms with Gasteiger partial charge in [-0.15, -0.1) is 11.3 Å². The summed E-state index contributed by atoms with van der Waals surface area (Å²) >= 11 is 1.29. The summed E-state index contributed by atoms with van der Waals surface area (Å²) in [5, 5.41) is 4.95. The van der Waals surface area contributed by atoms with E-state index in [9.17, 15) is 14.4 Å². The first-order valence-electron chi connectivity index (χ1n) is 8.59. The number of amides is 3. The Balaban J connectivity index is 1.49. The molecule has 27 heavy (non-hydrogen) atoms. The Morgan fingerprint density at radius 1 is 1.15 bits per heavy atom. The number of aromatic nitrogens is 1. The third kappa shape index (κ3) is 5.49. The molecule has 1 aromatic carbocycles. The summed E-state index contributed by atoms with van der Waals surface area (Å²) in [6, 6.07) is 9.54. The molecule has 0 radical (unpaired) electrons. The summed E-state index contributed by atoms with van der Waals surface area (Å²) < 4.78 is 0. The van der Waals surface area contributed by atoms with Gasteiger partial charge in [0.1, 0.15) is 0 Å². The van der Waals surface area contributed by atoms with Crippen LogP contribution in [0.25, 0.3) is 6.08 Å². The lowest BCUT2D eigenvalue weighted by Gasteiger charge is -2.32. The fourth-order valence-corrected chi connectivity index (χ4v) is 3.39. The highest BCUT2D eigenvalue weighted by molar-refractivity contribution is 7.14. The number of anilines is 1. The molecule has 3 amide bonds. The van der Waals surface area contributed by atoms with Crippen LogP contribution in [0, 0.1) is 0 Å². The van der Waals surface area contributed by atoms with Gasteiger partial charge in [0.2, 0.25) is 18.2 Å². The van der Waals surface area contributed by atoms with E-state index in [1.54, 1.807) is 21.3 Å². The molecule has 1 fully saturated rings. The van der Waals surface area contributed by atoms with Crippen LogP contribution >= 0.6 is 11.3 Å². The molecular formula is C19H20N4O3S. The summed E-state index contributed by atoms with van der Waals surface area (Å²) in [6.07, 6.45) is 4.18. The van der Waals surface area contributed by atoms with Gasteiger partial charge >= 0.3 is 0 Å². The standard InChI is InChI=1S/C19H20N4O3S/c24-14-22-8-10-23(11-9-22)18(26)12-16-13-27-19(20-16)21-17(25)7-6-15-4-2-1-3-5-15/h1-7,13-14H,8-12H2,(H,20,21,25)/b7-6+. The van der Waals surface area contributed by atoms with E-state index in [1.807, 2.05) is 30.3 Å². The molecule has 2 heterocycles. The molecule has 8 heteroatoms. The van der Waals surface area contributed by atoms with E-state index in [0.717, 1.165) is 12.0 Å². The van der Waals surface area contributed by atoms with Gasteiger partial charge in [-0.3, -0.25) is 19.7 Å². The Bertz CT molecular complexity index is 826. The van der Waals surface area contributed by atoms with Crippen LogP contribution < -0.4 is 5.32 Å². The minimum absolute atomic E-state index is 0.0206. The molecular weight excluding hydrogens is 364 g/mol. The number of nitrogens with zero attached hydrogens (tertiary/aromatic N) is 3. The SMILES string of the molecule is O=CN1CCN(C(=O)Cc2csc(NC(=O)/C=C/c3ccccc3)n2)CC1. The Hall–Kier alpha value is -3.00. The van der Waals surface area contributed by atoms with Gasteiger partial charge < -0.3 is 9.80 Å². The number of thiazole rings is 1. The van der Waals surface area contributed by atoms with Crippen LogP contribution in [0.3, 0.4) is 0 Å². The smallest absolute Gasteiger partial charge is 0.250 e. The first kappa shape index (κ1) is 18.8. The van der Waals surface area contributed by atoms with E-state index < -0.39 is 0 Å². The normalized spacial score (nSPS) is 14.4. The van der Waals surface area contributed by atoms with Gasteiger partial charge in [-0.05, 0) is 11.6 Å². The van der Waals surface area contributed by atoms with Crippen molar-refractivity contribution in [2.24, 2.45) is 0 Å². The van der Waals surface area contributed by atoms with Gasteiger partial charge in [-0.2, -0.15) is 0 Å². The molecule has 0 atom stereocenters. The zero-order valence-electron chi connectivity index (χ0n) is 14.7. The van der Waals surface area contributed by atoms with Crippen molar-refractivity contribution in [1.29, 1.82) is 0 Å². The molecule has 7 nitrogen and oxygen atoms in total. The molecule has 3 rings (SSSR count). The second-order valence-corrected chi connectivity index (χ2v) is 6.93. The van der Waals surface area contributed by atoms with Crippen molar-refractivity contribution in [3.63, 3.8) is 0 Å². The highest BCUT2D eigenvalue weighted by atomic mass is 32.1. The average molecular weight is 384 g/mol. The van der Waals surface area contributed by atoms with Crippen LogP contribution in [0.1, 0.15) is 11.3 Å². The van der Waals surface area contributed by atoms with Crippen molar-refractivity contribution in [2.45, 2.75) is 6.42 Å². The highest BCUT2D eigenvalue weighted by Crippen LogP contribution is 2.17. The molecule has 0 spiro atoms. The molecule has 1 aliphatic rings. The van der Waals surface area contributed by atoms with E-state index in [0.29, 0.717) is 37.0 Å². The van der Waals surface area contributed by atoms with E-state index in [-0.39, 0.29) is 18.2 Å². The van der Waals surface area contributed by atoms with Gasteiger partial charge in [-0.1, -0.05) is 30.3 Å². The van der Waals surface area contributed by atoms with Gasteiger partial charge in [0.15, 0.2) is 5.13 Å². The molecule has 0 bridgehead atoms. The Kier molecular flexibility index (Phi) is 6.32. The fourth-order valence-electron chi connectivity index (χ4n) is 2.67. The third-order valence-electron chi connectivity index (χ3n) is 4.16. The lowest BCUT2D eigenvalue weighted by molar-refractivity contribution is -0.134. The van der Waals surface area contributed by atoms with Gasteiger partial charge in [0, 0.05) is 37.6 Å². The first-order valence-corrected chi connectivity index (χ1v) is 9.47. The maximum Gasteiger partial charge on any atom is 0.250 e. The maximum atomic E-state index is 12.3. The van der Waals surface area contributed by atoms with Gasteiger partial charge in [0.05, 0.1) is 12.1 Å². The lowest BCUT2D eigenvalue weighted by atomic mass is 10.2. The molecule has 1 aliphatic heterocycles. The van der Waals surface area contributed by atoms with Crippen molar-refractivity contribution in [3.05, 3.63) is 53.0 Å². The molecule has 1 saturated heterocycles. The van der Waals surface area contributed by atoms with Crippen LogP contribution in [0.2, 0.25) is 0 Å². The van der Waals surface area contributed by atoms with Crippen molar-refractivity contribution in [2.75, 3.05) is 31.5 Å². The Labute approximate surface area is 161 Å². The second-order valence-electron chi connectivity index (χ2n) is 6.08. The largest absolute Gasteiger partial charge is 0.342 e. The summed E-state index contributed by atoms with van der Waals surface area (Å²) in [7, 11) is 0. The quantitative estimate of drug-likeness (QED) is 0.606. The van der Waals surface area contributed by atoms with E-state index in [4.69, 9.17) is 0 Å². The monoisotopic (exact) mass is 384 g/mol. The summed E-state index contributed by atoms with van der Waals surface area (Å²) in [4.78, 5) is 42.7. The van der Waals surface area contributed by atoms with Crippen molar-refractivity contribution < 1.29 is 14.4 Å². The topological polar surface area (TPSA) is 82.6 Å². The first-order chi connectivity index (χ1) is 13.1. The molecule has 1 N–H and O–H groups in total.